The standard InChI is InChI=1S/C17H23BrN4O2.C14H13BrF3N3O2.3CH4/c1-16(2,3)21-15(24)22-6-4-17(5-7-22)9-11-8-12(18)10-19-13(11)20-14(17)23;15-9-5-8-6-13(11(22)20-10(8)19-7-9)1-3-21(4-2-13)12(23)14(16,17)18;;;/h8,10H,4-7,9H2,1-3H3,(H,21,24)(H,19,20,23);5,7H,1-4,6H2,(H,19,20,22);3*1H4. The second kappa shape index (κ2) is 16.0. The first-order valence-electron chi connectivity index (χ1n) is 15.2. The molecule has 50 heavy (non-hydrogen) atoms. The van der Waals surface area contributed by atoms with Gasteiger partial charge in [0.05, 0.1) is 10.8 Å². The first kappa shape index (κ1) is 42.9. The highest BCUT2D eigenvalue weighted by Crippen LogP contribution is 2.43. The maximum atomic E-state index is 12.6. The third kappa shape index (κ3) is 9.33. The van der Waals surface area contributed by atoms with Gasteiger partial charge in [0.25, 0.3) is 0 Å². The van der Waals surface area contributed by atoms with Crippen LogP contribution in [0, 0.1) is 10.8 Å². The number of piperidine rings is 2. The van der Waals surface area contributed by atoms with Gasteiger partial charge in [-0.2, -0.15) is 13.2 Å². The second-order valence-corrected chi connectivity index (χ2v) is 15.4. The summed E-state index contributed by atoms with van der Waals surface area (Å²) in [6, 6.07) is 3.80. The van der Waals surface area contributed by atoms with E-state index in [9.17, 15) is 32.3 Å². The molecule has 0 atom stereocenters. The van der Waals surface area contributed by atoms with Gasteiger partial charge in [0.15, 0.2) is 0 Å². The van der Waals surface area contributed by atoms with Crippen LogP contribution in [0.2, 0.25) is 0 Å². The maximum Gasteiger partial charge on any atom is 0.471 e. The van der Waals surface area contributed by atoms with Crippen LogP contribution < -0.4 is 16.0 Å². The lowest BCUT2D eigenvalue weighted by molar-refractivity contribution is -0.187. The number of halogens is 5. The topological polar surface area (TPSA) is 137 Å². The molecule has 2 aromatic rings. The zero-order valence-electron chi connectivity index (χ0n) is 26.2. The smallest absolute Gasteiger partial charge is 0.335 e. The summed E-state index contributed by atoms with van der Waals surface area (Å²) < 4.78 is 39.2. The number of hydrogen-bond donors (Lipinski definition) is 3. The SMILES string of the molecule is C.C.C.CC(C)(C)NC(=O)N1CCC2(CC1)Cc1cc(Br)cnc1NC2=O.O=C(N1CCC2(CC1)Cc1cc(Br)cnc1NC2=O)C(F)(F)F. The Bertz CT molecular complexity index is 1580. The summed E-state index contributed by atoms with van der Waals surface area (Å²) in [5.41, 5.74) is 0.420. The number of amides is 5. The van der Waals surface area contributed by atoms with Crippen molar-refractivity contribution in [3.8, 4) is 0 Å². The van der Waals surface area contributed by atoms with Crippen molar-refractivity contribution in [2.75, 3.05) is 36.8 Å². The van der Waals surface area contributed by atoms with Crippen molar-refractivity contribution in [2.45, 2.75) is 93.3 Å². The minimum absolute atomic E-state index is 0. The minimum Gasteiger partial charge on any atom is -0.335 e. The maximum absolute atomic E-state index is 12.6. The number of fused-ring (bicyclic) bond motifs is 2. The van der Waals surface area contributed by atoms with Gasteiger partial charge in [0.1, 0.15) is 11.6 Å². The summed E-state index contributed by atoms with van der Waals surface area (Å²) in [5, 5.41) is 8.65. The normalized spacial score (nSPS) is 18.7. The highest BCUT2D eigenvalue weighted by Gasteiger charge is 2.50. The van der Waals surface area contributed by atoms with Gasteiger partial charge in [-0.3, -0.25) is 14.4 Å². The lowest BCUT2D eigenvalue weighted by atomic mass is 9.71. The fourth-order valence-electron chi connectivity index (χ4n) is 6.49. The molecule has 0 bridgehead atoms. The quantitative estimate of drug-likeness (QED) is 0.254. The first-order valence-corrected chi connectivity index (χ1v) is 16.8. The third-order valence-corrected chi connectivity index (χ3v) is 9.96. The van der Waals surface area contributed by atoms with E-state index in [0.717, 1.165) is 25.0 Å². The number of anilines is 2. The number of carbonyl (C=O) groups excluding carboxylic acids is 4. The number of nitrogens with one attached hydrogen (secondary N) is 3. The Morgan fingerprint density at radius 2 is 1.14 bits per heavy atom. The number of nitrogens with zero attached hydrogens (tertiary/aromatic N) is 4. The molecule has 2 spiro atoms. The van der Waals surface area contributed by atoms with Gasteiger partial charge in [0, 0.05) is 53.1 Å². The lowest BCUT2D eigenvalue weighted by Gasteiger charge is -2.43. The molecular weight excluding hydrogens is 787 g/mol. The van der Waals surface area contributed by atoms with E-state index in [2.05, 4.69) is 57.8 Å². The Morgan fingerprint density at radius 1 is 0.760 bits per heavy atom. The van der Waals surface area contributed by atoms with Gasteiger partial charge in [-0.25, -0.2) is 14.8 Å². The number of rotatable bonds is 0. The summed E-state index contributed by atoms with van der Waals surface area (Å²) >= 11 is 6.75. The Morgan fingerprint density at radius 3 is 1.50 bits per heavy atom. The molecule has 5 amide bonds. The molecule has 0 unspecified atom stereocenters. The van der Waals surface area contributed by atoms with Crippen molar-refractivity contribution < 1.29 is 32.3 Å². The molecule has 11 nitrogen and oxygen atoms in total. The molecule has 0 radical (unpaired) electrons. The van der Waals surface area contributed by atoms with Gasteiger partial charge < -0.3 is 25.8 Å². The van der Waals surface area contributed by atoms with E-state index in [0.29, 0.717) is 50.4 Å². The van der Waals surface area contributed by atoms with Crippen LogP contribution in [0.3, 0.4) is 0 Å². The van der Waals surface area contributed by atoms with Crippen LogP contribution in [0.4, 0.5) is 29.6 Å². The van der Waals surface area contributed by atoms with Crippen molar-refractivity contribution >= 4 is 67.2 Å². The van der Waals surface area contributed by atoms with Crippen LogP contribution in [0.15, 0.2) is 33.5 Å². The molecule has 0 aromatic carbocycles. The molecule has 4 aliphatic heterocycles. The van der Waals surface area contributed by atoms with E-state index in [4.69, 9.17) is 0 Å². The second-order valence-electron chi connectivity index (χ2n) is 13.6. The van der Waals surface area contributed by atoms with Crippen molar-refractivity contribution in [2.24, 2.45) is 10.8 Å². The van der Waals surface area contributed by atoms with E-state index >= 15 is 0 Å². The lowest BCUT2D eigenvalue weighted by Crippen LogP contribution is -2.55. The number of aromatic nitrogens is 2. The van der Waals surface area contributed by atoms with Crippen LogP contribution >= 0.6 is 31.9 Å². The van der Waals surface area contributed by atoms with E-state index in [1.54, 1.807) is 17.3 Å². The number of likely N-dealkylation sites (tertiary alicyclic amines) is 2. The molecular formula is C34H48Br2F3N7O4. The molecule has 6 heterocycles. The fourth-order valence-corrected chi connectivity index (χ4v) is 7.25. The van der Waals surface area contributed by atoms with Crippen molar-refractivity contribution in [3.63, 3.8) is 0 Å². The van der Waals surface area contributed by atoms with Crippen LogP contribution in [0.5, 0.6) is 0 Å². The van der Waals surface area contributed by atoms with Crippen LogP contribution in [-0.2, 0) is 27.2 Å². The molecule has 2 fully saturated rings. The average Bonchev–Trinajstić information content (AvgIpc) is 2.98. The predicted molar refractivity (Wildman–Crippen MR) is 195 cm³/mol. The Hall–Kier alpha value is -3.27. The largest absolute Gasteiger partial charge is 0.471 e. The Balaban J connectivity index is 0.000000327. The van der Waals surface area contributed by atoms with E-state index < -0.39 is 22.9 Å². The van der Waals surface area contributed by atoms with Crippen molar-refractivity contribution in [1.82, 2.24) is 25.1 Å². The monoisotopic (exact) mass is 833 g/mol. The van der Waals surface area contributed by atoms with Gasteiger partial charge in [0.2, 0.25) is 11.8 Å². The number of alkyl halides is 3. The van der Waals surface area contributed by atoms with E-state index in [-0.39, 0.29) is 71.6 Å². The number of pyridine rings is 2. The highest BCUT2D eigenvalue weighted by atomic mass is 79.9. The summed E-state index contributed by atoms with van der Waals surface area (Å²) in [6.07, 6.45) is 1.22. The van der Waals surface area contributed by atoms with Gasteiger partial charge in [-0.1, -0.05) is 22.3 Å². The van der Waals surface area contributed by atoms with E-state index in [1.807, 2.05) is 32.9 Å². The summed E-state index contributed by atoms with van der Waals surface area (Å²) in [7, 11) is 0. The molecule has 3 N–H and O–H groups in total. The molecule has 278 valence electrons. The van der Waals surface area contributed by atoms with Crippen molar-refractivity contribution in [1.29, 1.82) is 0 Å². The fraction of sp³-hybridized carbons (Fsp3) is 0.588. The van der Waals surface area contributed by atoms with E-state index in [1.165, 1.54) is 0 Å². The average molecular weight is 836 g/mol. The summed E-state index contributed by atoms with van der Waals surface area (Å²) in [6.45, 7) is 6.91. The Labute approximate surface area is 309 Å². The van der Waals surface area contributed by atoms with Crippen LogP contribution in [0.1, 0.15) is 79.9 Å². The molecule has 0 saturated carbocycles. The Kier molecular flexibility index (Phi) is 13.7. The van der Waals surface area contributed by atoms with Gasteiger partial charge in [-0.15, -0.1) is 0 Å². The molecule has 6 rings (SSSR count). The van der Waals surface area contributed by atoms with Crippen molar-refractivity contribution in [3.05, 3.63) is 44.6 Å². The van der Waals surface area contributed by atoms with Crippen LogP contribution in [-0.4, -0.2) is 81.4 Å². The number of hydrogen-bond acceptors (Lipinski definition) is 6. The first-order chi connectivity index (χ1) is 21.9. The number of urea groups is 1. The molecule has 16 heteroatoms. The molecule has 2 aromatic heterocycles. The zero-order valence-corrected chi connectivity index (χ0v) is 29.4. The van der Waals surface area contributed by atoms with Gasteiger partial charge >= 0.3 is 18.1 Å². The minimum atomic E-state index is -4.87. The molecule has 2 saturated heterocycles. The summed E-state index contributed by atoms with van der Waals surface area (Å²) in [4.78, 5) is 59.6. The van der Waals surface area contributed by atoms with Crippen LogP contribution in [0.25, 0.3) is 0 Å². The van der Waals surface area contributed by atoms with Gasteiger partial charge in [-0.05, 0) is 114 Å². The molecule has 4 aliphatic rings. The highest BCUT2D eigenvalue weighted by molar-refractivity contribution is 9.10. The zero-order chi connectivity index (χ0) is 34.4. The third-order valence-electron chi connectivity index (χ3n) is 9.09. The molecule has 0 aliphatic carbocycles. The number of carbonyl (C=O) groups is 4. The summed E-state index contributed by atoms with van der Waals surface area (Å²) in [5.74, 6) is -0.910. The predicted octanol–water partition coefficient (Wildman–Crippen LogP) is 7.35.